The van der Waals surface area contributed by atoms with Gasteiger partial charge in [0.15, 0.2) is 0 Å². The molecule has 1 amide bonds. The highest BCUT2D eigenvalue weighted by atomic mass is 16.6. The van der Waals surface area contributed by atoms with Crippen LogP contribution < -0.4 is 5.32 Å². The Balaban J connectivity index is 5.79. The van der Waals surface area contributed by atoms with Gasteiger partial charge >= 0.3 is 23.9 Å². The second-order valence-electron chi connectivity index (χ2n) is 29.5. The van der Waals surface area contributed by atoms with E-state index in [0.29, 0.717) is 38.5 Å². The molecule has 1 unspecified atom stereocenters. The lowest BCUT2D eigenvalue weighted by Crippen LogP contribution is -2.41. The van der Waals surface area contributed by atoms with Crippen LogP contribution >= 0.6 is 0 Å². The van der Waals surface area contributed by atoms with Crippen LogP contribution in [0.1, 0.15) is 434 Å². The molecule has 0 aromatic rings. The summed E-state index contributed by atoms with van der Waals surface area (Å²) in [5.41, 5.74) is 0. The van der Waals surface area contributed by atoms with Crippen molar-refractivity contribution < 1.29 is 52.4 Å². The Labute approximate surface area is 593 Å². The van der Waals surface area contributed by atoms with Gasteiger partial charge in [-0.15, -0.1) is 0 Å². The van der Waals surface area contributed by atoms with Gasteiger partial charge in [0, 0.05) is 38.3 Å². The van der Waals surface area contributed by atoms with E-state index in [4.69, 9.17) is 28.4 Å². The van der Waals surface area contributed by atoms with Gasteiger partial charge in [-0.1, -0.05) is 343 Å². The first-order chi connectivity index (χ1) is 46.9. The molecule has 0 spiro atoms. The number of rotatable bonds is 76. The van der Waals surface area contributed by atoms with Crippen molar-refractivity contribution in [1.29, 1.82) is 0 Å². The number of hydrogen-bond donors (Lipinski definition) is 1. The highest BCUT2D eigenvalue weighted by Crippen LogP contribution is 2.23. The molecular formula is C84H159NO11. The molecule has 0 aliphatic carbocycles. The van der Waals surface area contributed by atoms with E-state index in [-0.39, 0.29) is 62.4 Å². The first-order valence-corrected chi connectivity index (χ1v) is 41.7. The normalized spacial score (nSPS) is 13.3. The van der Waals surface area contributed by atoms with E-state index >= 15 is 0 Å². The first-order valence-electron chi connectivity index (χ1n) is 41.7. The number of carbonyl (C=O) groups excluding carboxylic acids is 5. The lowest BCUT2D eigenvalue weighted by atomic mass is 9.94. The quantitative estimate of drug-likeness (QED) is 0.0268. The summed E-state index contributed by atoms with van der Waals surface area (Å²) in [5, 5.41) is 3.22. The van der Waals surface area contributed by atoms with Gasteiger partial charge in [0.1, 0.15) is 18.8 Å². The van der Waals surface area contributed by atoms with E-state index in [1.807, 2.05) is 13.0 Å². The smallest absolute Gasteiger partial charge is 0.310 e. The van der Waals surface area contributed by atoms with Crippen molar-refractivity contribution in [3.8, 4) is 0 Å². The molecule has 0 saturated carbocycles. The fraction of sp³-hybridized carbons (Fsp3) is 0.917. The van der Waals surface area contributed by atoms with Crippen molar-refractivity contribution >= 4 is 29.8 Å². The maximum Gasteiger partial charge on any atom is 0.310 e. The minimum atomic E-state index is -0.513. The van der Waals surface area contributed by atoms with Crippen LogP contribution in [0.15, 0.2) is 12.3 Å². The predicted octanol–water partition coefficient (Wildman–Crippen LogP) is 24.7. The van der Waals surface area contributed by atoms with Crippen LogP contribution in [0.3, 0.4) is 0 Å². The van der Waals surface area contributed by atoms with Gasteiger partial charge in [0.25, 0.3) is 0 Å². The highest BCUT2D eigenvalue weighted by Gasteiger charge is 2.26. The predicted molar refractivity (Wildman–Crippen MR) is 403 cm³/mol. The number of esters is 4. The second kappa shape index (κ2) is 73.2. The summed E-state index contributed by atoms with van der Waals surface area (Å²) >= 11 is 0. The molecule has 566 valence electrons. The van der Waals surface area contributed by atoms with E-state index < -0.39 is 30.3 Å². The van der Waals surface area contributed by atoms with Crippen LogP contribution in [-0.4, -0.2) is 81.1 Å². The Morgan fingerprint density at radius 3 is 1.03 bits per heavy atom. The van der Waals surface area contributed by atoms with Crippen molar-refractivity contribution in [2.75, 3.05) is 26.9 Å². The van der Waals surface area contributed by atoms with Gasteiger partial charge in [-0.3, -0.25) is 24.0 Å². The third-order valence-corrected chi connectivity index (χ3v) is 19.5. The molecule has 96 heavy (non-hydrogen) atoms. The van der Waals surface area contributed by atoms with Crippen molar-refractivity contribution in [1.82, 2.24) is 5.32 Å². The molecule has 0 aromatic carbocycles. The fourth-order valence-corrected chi connectivity index (χ4v) is 13.1. The summed E-state index contributed by atoms with van der Waals surface area (Å²) in [4.78, 5) is 66.9. The first kappa shape index (κ1) is 93.0. The van der Waals surface area contributed by atoms with Crippen molar-refractivity contribution in [3.63, 3.8) is 0 Å². The van der Waals surface area contributed by atoms with Crippen molar-refractivity contribution in [2.45, 2.75) is 458 Å². The molecule has 0 aliphatic rings. The van der Waals surface area contributed by atoms with Gasteiger partial charge in [-0.05, 0) is 70.3 Å². The number of unbranched alkanes of at least 4 members (excludes halogenated alkanes) is 46. The topological polar surface area (TPSA) is 153 Å². The molecule has 12 nitrogen and oxygen atoms in total. The lowest BCUT2D eigenvalue weighted by Gasteiger charge is -2.27. The fourth-order valence-electron chi connectivity index (χ4n) is 13.1. The van der Waals surface area contributed by atoms with E-state index in [1.54, 1.807) is 7.11 Å². The number of methoxy groups -OCH3 is 1. The summed E-state index contributed by atoms with van der Waals surface area (Å²) in [6.07, 6.45) is 67.4. The zero-order valence-corrected chi connectivity index (χ0v) is 64.7. The van der Waals surface area contributed by atoms with Crippen LogP contribution in [0.5, 0.6) is 0 Å². The zero-order valence-electron chi connectivity index (χ0n) is 64.7. The average Bonchev–Trinajstić information content (AvgIpc) is 1.98. The minimum Gasteiger partial charge on any atom is -0.463 e. The number of nitrogens with one attached hydrogen (secondary N) is 1. The summed E-state index contributed by atoms with van der Waals surface area (Å²) in [5.74, 6) is -0.859. The second-order valence-corrected chi connectivity index (χ2v) is 29.5. The van der Waals surface area contributed by atoms with Gasteiger partial charge in [-0.25, -0.2) is 0 Å². The minimum absolute atomic E-state index is 0.0187. The molecular weight excluding hydrogens is 1200 g/mol. The van der Waals surface area contributed by atoms with E-state index in [1.165, 1.54) is 244 Å². The lowest BCUT2D eigenvalue weighted by molar-refractivity contribution is -0.157. The van der Waals surface area contributed by atoms with Gasteiger partial charge < -0.3 is 33.7 Å². The largest absolute Gasteiger partial charge is 0.463 e. The van der Waals surface area contributed by atoms with Crippen LogP contribution in [0.4, 0.5) is 0 Å². The maximum absolute atomic E-state index is 14.1. The molecule has 0 heterocycles. The molecule has 1 N–H and O–H groups in total. The van der Waals surface area contributed by atoms with E-state index in [0.717, 1.165) is 102 Å². The third kappa shape index (κ3) is 66.9. The molecule has 0 aliphatic heterocycles. The van der Waals surface area contributed by atoms with E-state index in [2.05, 4.69) is 46.9 Å². The zero-order chi connectivity index (χ0) is 70.3. The molecule has 0 rings (SSSR count). The number of ether oxygens (including phenoxy) is 6. The summed E-state index contributed by atoms with van der Waals surface area (Å²) in [6.45, 7) is 15.9. The Kier molecular flexibility index (Phi) is 71.0. The number of carbonyl (C=O) groups is 5. The number of amides is 1. The number of hydrogen-bond acceptors (Lipinski definition) is 11. The third-order valence-electron chi connectivity index (χ3n) is 19.5. The molecule has 0 radical (unpaired) electrons. The highest BCUT2D eigenvalue weighted by molar-refractivity contribution is 5.77. The molecule has 5 atom stereocenters. The Morgan fingerprint density at radius 2 is 0.677 bits per heavy atom. The molecule has 0 bridgehead atoms. The molecule has 0 fully saturated rings. The summed E-state index contributed by atoms with van der Waals surface area (Å²) < 4.78 is 35.5. The van der Waals surface area contributed by atoms with Crippen molar-refractivity contribution in [3.05, 3.63) is 12.3 Å². The van der Waals surface area contributed by atoms with Gasteiger partial charge in [-0.2, -0.15) is 0 Å². The van der Waals surface area contributed by atoms with E-state index in [9.17, 15) is 24.0 Å². The Bertz CT molecular complexity index is 1740. The molecule has 0 aromatic heterocycles. The standard InChI is InChI=1S/C84H159NO11/c1-9-13-17-21-25-29-31-32-34-39-45-51-57-63-81(87)93-67-66-76(75(7)85-80(86)71-77(61-55-49-43-36-27-23-19-15-11-3)95-82(88)64-58-52-47-41-35-38-42-48-54-60-74(5)6)70-79(91-8)73-92-68-69-94-84(90)72-78(62-56-50-44-37-28-24-20-16-12-4)96-83(89)65-59-53-46-40-33-30-26-22-18-14-10-2/h66-67,74-79H,9-65,68-73H2,1-8H3,(H,85,86)/t75-,76-,77-,78-,79?/m1/s1. The maximum atomic E-state index is 14.1. The monoisotopic (exact) mass is 1360 g/mol. The Morgan fingerprint density at radius 1 is 0.354 bits per heavy atom. The summed E-state index contributed by atoms with van der Waals surface area (Å²) in [6, 6.07) is -0.395. The van der Waals surface area contributed by atoms with Gasteiger partial charge in [0.2, 0.25) is 5.91 Å². The van der Waals surface area contributed by atoms with Gasteiger partial charge in [0.05, 0.1) is 38.4 Å². The van der Waals surface area contributed by atoms with Crippen LogP contribution in [-0.2, 0) is 52.4 Å². The average molecular weight is 1360 g/mol. The molecule has 0 saturated heterocycles. The Hall–Kier alpha value is -2.99. The van der Waals surface area contributed by atoms with Crippen LogP contribution in [0, 0.1) is 11.8 Å². The van der Waals surface area contributed by atoms with Crippen LogP contribution in [0.2, 0.25) is 0 Å². The van der Waals surface area contributed by atoms with Crippen LogP contribution in [0.25, 0.3) is 0 Å². The molecule has 12 heteroatoms. The SMILES string of the molecule is CCCCCCCCCCCCCCCC(=O)OC=C[C@H](CC(COCCOC(=O)C[C@@H](CCCCCCCCCCC)OC(=O)CCCCCCCCCCCCC)OC)[C@@H](C)NC(=O)C[C@@H](CCCCCCCCCCC)OC(=O)CCCCCCCCCCCC(C)C. The summed E-state index contributed by atoms with van der Waals surface area (Å²) in [7, 11) is 1.63. The van der Waals surface area contributed by atoms with Crippen molar-refractivity contribution in [2.24, 2.45) is 11.8 Å².